The van der Waals surface area contributed by atoms with Crippen LogP contribution in [0, 0.1) is 18.8 Å². The van der Waals surface area contributed by atoms with Crippen molar-refractivity contribution in [3.05, 3.63) is 28.3 Å². The molecule has 27 heavy (non-hydrogen) atoms. The molecular weight excluding hydrogens is 344 g/mol. The lowest BCUT2D eigenvalue weighted by Gasteiger charge is -2.20. The molecule has 0 aliphatic heterocycles. The van der Waals surface area contributed by atoms with Crippen molar-refractivity contribution < 1.29 is 24.5 Å². The average Bonchev–Trinajstić information content (AvgIpc) is 2.57. The van der Waals surface area contributed by atoms with E-state index in [-0.39, 0.29) is 64.6 Å². The molecule has 1 aromatic carbocycles. The van der Waals surface area contributed by atoms with Gasteiger partial charge in [0, 0.05) is 17.9 Å². The van der Waals surface area contributed by atoms with Gasteiger partial charge in [-0.3, -0.25) is 9.59 Å². The minimum atomic E-state index is -0.485. The fourth-order valence-electron chi connectivity index (χ4n) is 2.70. The Hall–Kier alpha value is -2.30. The van der Waals surface area contributed by atoms with Crippen LogP contribution < -0.4 is 4.74 Å². The first-order valence-electron chi connectivity index (χ1n) is 9.44. The van der Waals surface area contributed by atoms with E-state index in [1.165, 1.54) is 0 Å². The normalized spacial score (nSPS) is 12.0. The third-order valence-electron chi connectivity index (χ3n) is 4.53. The van der Waals surface area contributed by atoms with Crippen LogP contribution in [-0.2, 0) is 0 Å². The topological polar surface area (TPSA) is 83.8 Å². The van der Waals surface area contributed by atoms with E-state index in [0.29, 0.717) is 6.42 Å². The van der Waals surface area contributed by atoms with Crippen LogP contribution in [0.4, 0.5) is 0 Å². The Balaban J connectivity index is 3.64. The van der Waals surface area contributed by atoms with Gasteiger partial charge in [-0.1, -0.05) is 33.3 Å². The third kappa shape index (κ3) is 5.34. The Labute approximate surface area is 162 Å². The van der Waals surface area contributed by atoms with Gasteiger partial charge in [0.15, 0.2) is 11.6 Å². The summed E-state index contributed by atoms with van der Waals surface area (Å²) in [6.07, 6.45) is 2.60. The first kappa shape index (κ1) is 22.7. The van der Waals surface area contributed by atoms with Crippen LogP contribution in [0.25, 0.3) is 0 Å². The lowest BCUT2D eigenvalue weighted by Crippen LogP contribution is -2.15. The summed E-state index contributed by atoms with van der Waals surface area (Å²) < 4.78 is 5.74. The van der Waals surface area contributed by atoms with E-state index < -0.39 is 5.75 Å². The minimum Gasteiger partial charge on any atom is -0.507 e. The summed E-state index contributed by atoms with van der Waals surface area (Å²) in [6, 6.07) is 0. The quantitative estimate of drug-likeness (QED) is 0.456. The van der Waals surface area contributed by atoms with Gasteiger partial charge in [-0.2, -0.15) is 0 Å². The van der Waals surface area contributed by atoms with Crippen LogP contribution in [-0.4, -0.2) is 28.4 Å². The summed E-state index contributed by atoms with van der Waals surface area (Å²) >= 11 is 0. The Kier molecular flexibility index (Phi) is 8.07. The molecule has 1 aromatic rings. The number of benzene rings is 1. The van der Waals surface area contributed by atoms with Crippen LogP contribution in [0.3, 0.4) is 0 Å². The van der Waals surface area contributed by atoms with Gasteiger partial charge >= 0.3 is 0 Å². The predicted octanol–water partition coefficient (Wildman–Crippen LogP) is 5.21. The lowest BCUT2D eigenvalue weighted by molar-refractivity contribution is 0.0921. The third-order valence-corrected chi connectivity index (χ3v) is 4.53. The largest absolute Gasteiger partial charge is 0.507 e. The van der Waals surface area contributed by atoms with Crippen LogP contribution in [0.1, 0.15) is 80.7 Å². The summed E-state index contributed by atoms with van der Waals surface area (Å²) in [7, 11) is 0. The number of rotatable bonds is 9. The van der Waals surface area contributed by atoms with Crippen molar-refractivity contribution in [2.45, 2.75) is 61.3 Å². The number of phenolic OH excluding ortho intramolecular Hbond substituents is 2. The van der Waals surface area contributed by atoms with Crippen molar-refractivity contribution in [1.29, 1.82) is 0 Å². The maximum absolute atomic E-state index is 12.8. The molecule has 0 aromatic heterocycles. The number of allylic oxidation sites excluding steroid dienone is 1. The van der Waals surface area contributed by atoms with Gasteiger partial charge in [-0.05, 0) is 39.2 Å². The predicted molar refractivity (Wildman–Crippen MR) is 107 cm³/mol. The molecule has 0 heterocycles. The van der Waals surface area contributed by atoms with Gasteiger partial charge in [-0.25, -0.2) is 0 Å². The fraction of sp³-hybridized carbons (Fsp3) is 0.545. The van der Waals surface area contributed by atoms with Crippen LogP contribution >= 0.6 is 0 Å². The fourth-order valence-corrected chi connectivity index (χ4v) is 2.70. The molecule has 0 saturated heterocycles. The van der Waals surface area contributed by atoms with Crippen molar-refractivity contribution in [1.82, 2.24) is 0 Å². The average molecular weight is 376 g/mol. The Morgan fingerprint density at radius 2 is 1.67 bits per heavy atom. The minimum absolute atomic E-state index is 0.0205. The Bertz CT molecular complexity index is 740. The summed E-state index contributed by atoms with van der Waals surface area (Å²) in [5, 5.41) is 21.4. The molecule has 0 amide bonds. The molecule has 0 bridgehead atoms. The molecule has 1 unspecified atom stereocenters. The molecule has 5 nitrogen and oxygen atoms in total. The highest BCUT2D eigenvalue weighted by atomic mass is 16.5. The van der Waals surface area contributed by atoms with Crippen LogP contribution in [0.15, 0.2) is 11.6 Å². The highest BCUT2D eigenvalue weighted by Gasteiger charge is 2.31. The molecule has 0 radical (unpaired) electrons. The number of ketones is 2. The molecule has 0 saturated carbocycles. The summed E-state index contributed by atoms with van der Waals surface area (Å²) in [5.74, 6) is -1.68. The summed E-state index contributed by atoms with van der Waals surface area (Å²) in [6.45, 7) is 13.0. The van der Waals surface area contributed by atoms with Crippen molar-refractivity contribution in [3.8, 4) is 17.2 Å². The van der Waals surface area contributed by atoms with Crippen LogP contribution in [0.2, 0.25) is 0 Å². The second-order valence-corrected chi connectivity index (χ2v) is 7.69. The van der Waals surface area contributed by atoms with E-state index in [1.807, 2.05) is 40.7 Å². The molecule has 2 N–H and O–H groups in total. The molecule has 0 fully saturated rings. The van der Waals surface area contributed by atoms with Crippen molar-refractivity contribution >= 4 is 11.6 Å². The molecule has 1 atom stereocenters. The van der Waals surface area contributed by atoms with E-state index in [0.717, 1.165) is 5.57 Å². The van der Waals surface area contributed by atoms with Gasteiger partial charge in [0.2, 0.25) is 0 Å². The number of Topliss-reactive ketones (excluding diaryl/α,β-unsaturated/α-hetero) is 2. The summed E-state index contributed by atoms with van der Waals surface area (Å²) in [5.41, 5.74) is 1.12. The molecule has 150 valence electrons. The maximum atomic E-state index is 12.8. The zero-order valence-corrected chi connectivity index (χ0v) is 17.5. The van der Waals surface area contributed by atoms with Gasteiger partial charge in [0.1, 0.15) is 35.0 Å². The summed E-state index contributed by atoms with van der Waals surface area (Å²) in [4.78, 5) is 25.5. The molecule has 1 rings (SSSR count). The number of carbonyl (C=O) groups excluding carboxylic acids is 2. The van der Waals surface area contributed by atoms with E-state index in [2.05, 4.69) is 0 Å². The van der Waals surface area contributed by atoms with Crippen molar-refractivity contribution in [2.24, 2.45) is 11.8 Å². The molecule has 0 spiro atoms. The van der Waals surface area contributed by atoms with Gasteiger partial charge in [0.05, 0.1) is 0 Å². The Morgan fingerprint density at radius 1 is 1.07 bits per heavy atom. The number of hydrogen-bond donors (Lipinski definition) is 2. The van der Waals surface area contributed by atoms with E-state index >= 15 is 0 Å². The zero-order valence-electron chi connectivity index (χ0n) is 17.5. The van der Waals surface area contributed by atoms with Gasteiger partial charge in [-0.15, -0.1) is 0 Å². The van der Waals surface area contributed by atoms with E-state index in [1.54, 1.807) is 13.8 Å². The molecule has 0 aliphatic rings. The van der Waals surface area contributed by atoms with Gasteiger partial charge in [0.25, 0.3) is 0 Å². The smallest absolute Gasteiger partial charge is 0.173 e. The first-order chi connectivity index (χ1) is 12.5. The second kappa shape index (κ2) is 9.58. The first-order valence-corrected chi connectivity index (χ1v) is 9.44. The number of ether oxygens (including phenoxy) is 1. The highest BCUT2D eigenvalue weighted by molar-refractivity contribution is 6.10. The maximum Gasteiger partial charge on any atom is 0.173 e. The lowest BCUT2D eigenvalue weighted by atomic mass is 9.89. The molecule has 5 heteroatoms. The standard InChI is InChI=1S/C22H32O5/c1-8-14(6)19(24)18-20(25)15(7)22(27-10-9-12(2)3)17(21(18)26)16(23)11-13(4)5/h9,13-14,25-26H,8,10-11H2,1-7H3. The van der Waals surface area contributed by atoms with Crippen LogP contribution in [0.5, 0.6) is 17.2 Å². The van der Waals surface area contributed by atoms with E-state index in [4.69, 9.17) is 4.74 Å². The molecular formula is C22H32O5. The van der Waals surface area contributed by atoms with E-state index in [9.17, 15) is 19.8 Å². The number of hydrogen-bond acceptors (Lipinski definition) is 5. The van der Waals surface area contributed by atoms with Crippen molar-refractivity contribution in [2.75, 3.05) is 6.61 Å². The highest BCUT2D eigenvalue weighted by Crippen LogP contribution is 2.44. The zero-order chi connectivity index (χ0) is 20.9. The number of aromatic hydroxyl groups is 2. The molecule has 0 aliphatic carbocycles. The number of carbonyl (C=O) groups is 2. The van der Waals surface area contributed by atoms with Gasteiger partial charge < -0.3 is 14.9 Å². The monoisotopic (exact) mass is 376 g/mol. The SMILES string of the molecule is CCC(C)C(=O)c1c(O)c(C)c(OCC=C(C)C)c(C(=O)CC(C)C)c1O. The Morgan fingerprint density at radius 3 is 2.15 bits per heavy atom. The second-order valence-electron chi connectivity index (χ2n) is 7.69. The van der Waals surface area contributed by atoms with Crippen molar-refractivity contribution in [3.63, 3.8) is 0 Å². The number of phenols is 2.